The van der Waals surface area contributed by atoms with Gasteiger partial charge in [-0.15, -0.1) is 0 Å². The van der Waals surface area contributed by atoms with Crippen molar-refractivity contribution in [2.75, 3.05) is 26.2 Å². The molecule has 0 N–H and O–H groups in total. The first-order valence-corrected chi connectivity index (χ1v) is 5.45. The maximum atomic E-state index is 11.3. The molecule has 0 aliphatic rings. The van der Waals surface area contributed by atoms with Gasteiger partial charge in [-0.25, -0.2) is 0 Å². The predicted molar refractivity (Wildman–Crippen MR) is 58.5 cm³/mol. The number of hydrogen-bond donors (Lipinski definition) is 0. The minimum Gasteiger partial charge on any atom is -0.371 e. The van der Waals surface area contributed by atoms with Gasteiger partial charge in [0, 0.05) is 13.0 Å². The lowest BCUT2D eigenvalue weighted by molar-refractivity contribution is -0.125. The van der Waals surface area contributed by atoms with Gasteiger partial charge in [0.2, 0.25) is 0 Å². The number of rotatable bonds is 8. The molecule has 0 aliphatic heterocycles. The van der Waals surface area contributed by atoms with Crippen molar-refractivity contribution >= 4 is 5.78 Å². The highest BCUT2D eigenvalue weighted by Crippen LogP contribution is 1.94. The van der Waals surface area contributed by atoms with Crippen molar-refractivity contribution in [1.82, 2.24) is 4.90 Å². The maximum Gasteiger partial charge on any atom is 0.159 e. The van der Waals surface area contributed by atoms with Crippen LogP contribution in [0.25, 0.3) is 0 Å². The van der Waals surface area contributed by atoms with Crippen LogP contribution < -0.4 is 0 Å². The lowest BCUT2D eigenvalue weighted by Crippen LogP contribution is -2.27. The fraction of sp³-hybridized carbons (Fsp3) is 0.909. The van der Waals surface area contributed by atoms with E-state index in [0.29, 0.717) is 6.42 Å². The van der Waals surface area contributed by atoms with Gasteiger partial charge in [0.25, 0.3) is 0 Å². The van der Waals surface area contributed by atoms with Crippen molar-refractivity contribution < 1.29 is 9.53 Å². The van der Waals surface area contributed by atoms with E-state index >= 15 is 0 Å². The van der Waals surface area contributed by atoms with E-state index in [1.54, 1.807) is 0 Å². The van der Waals surface area contributed by atoms with E-state index in [9.17, 15) is 4.79 Å². The van der Waals surface area contributed by atoms with E-state index in [2.05, 4.69) is 18.7 Å². The minimum atomic E-state index is 0.146. The summed E-state index contributed by atoms with van der Waals surface area (Å²) < 4.78 is 5.24. The number of hydrogen-bond acceptors (Lipinski definition) is 3. The Kier molecular flexibility index (Phi) is 7.71. The predicted octanol–water partition coefficient (Wildman–Crippen LogP) is 1.71. The molecule has 3 heteroatoms. The van der Waals surface area contributed by atoms with Gasteiger partial charge in [0.1, 0.15) is 6.61 Å². The second-order valence-electron chi connectivity index (χ2n) is 3.68. The van der Waals surface area contributed by atoms with Crippen molar-refractivity contribution in [2.24, 2.45) is 0 Å². The summed E-state index contributed by atoms with van der Waals surface area (Å²) in [6.45, 7) is 11.2. The largest absolute Gasteiger partial charge is 0.371 e. The Hall–Kier alpha value is -0.410. The highest BCUT2D eigenvalue weighted by molar-refractivity contribution is 5.79. The number of ether oxygens (including phenoxy) is 1. The summed E-state index contributed by atoms with van der Waals surface area (Å²) in [5, 5.41) is 0. The van der Waals surface area contributed by atoms with E-state index in [0.717, 1.165) is 19.6 Å². The standard InChI is InChI=1S/C11H23NO2/c1-5-12(6-2)8-7-11(13)9-14-10(3)4/h10H,5-9H2,1-4H3. The topological polar surface area (TPSA) is 29.5 Å². The molecule has 14 heavy (non-hydrogen) atoms. The number of ketones is 1. The fourth-order valence-corrected chi connectivity index (χ4v) is 1.15. The monoisotopic (exact) mass is 201 g/mol. The number of nitrogens with zero attached hydrogens (tertiary/aromatic N) is 1. The maximum absolute atomic E-state index is 11.3. The summed E-state index contributed by atoms with van der Waals surface area (Å²) >= 11 is 0. The average Bonchev–Trinajstić information content (AvgIpc) is 2.16. The molecule has 0 rings (SSSR count). The average molecular weight is 201 g/mol. The van der Waals surface area contributed by atoms with Gasteiger partial charge in [0.05, 0.1) is 6.10 Å². The van der Waals surface area contributed by atoms with Crippen LogP contribution in [-0.4, -0.2) is 43.0 Å². The zero-order valence-corrected chi connectivity index (χ0v) is 9.88. The molecular weight excluding hydrogens is 178 g/mol. The lowest BCUT2D eigenvalue weighted by Gasteiger charge is -2.17. The first kappa shape index (κ1) is 13.6. The van der Waals surface area contributed by atoms with Crippen molar-refractivity contribution in [3.05, 3.63) is 0 Å². The molecule has 0 aromatic carbocycles. The molecule has 0 aromatic rings. The first-order valence-electron chi connectivity index (χ1n) is 5.45. The highest BCUT2D eigenvalue weighted by atomic mass is 16.5. The van der Waals surface area contributed by atoms with Crippen molar-refractivity contribution in [1.29, 1.82) is 0 Å². The molecule has 0 saturated heterocycles. The Morgan fingerprint density at radius 3 is 2.29 bits per heavy atom. The summed E-state index contributed by atoms with van der Waals surface area (Å²) in [4.78, 5) is 13.6. The van der Waals surface area contributed by atoms with Gasteiger partial charge in [-0.1, -0.05) is 13.8 Å². The van der Waals surface area contributed by atoms with E-state index in [-0.39, 0.29) is 18.5 Å². The van der Waals surface area contributed by atoms with E-state index in [1.165, 1.54) is 0 Å². The van der Waals surface area contributed by atoms with Crippen LogP contribution >= 0.6 is 0 Å². The Labute approximate surface area is 87.4 Å². The molecule has 84 valence electrons. The van der Waals surface area contributed by atoms with Crippen LogP contribution in [0, 0.1) is 0 Å². The number of carbonyl (C=O) groups is 1. The molecule has 0 saturated carbocycles. The molecule has 0 radical (unpaired) electrons. The van der Waals surface area contributed by atoms with Gasteiger partial charge in [-0.3, -0.25) is 4.79 Å². The molecule has 0 atom stereocenters. The third kappa shape index (κ3) is 7.04. The molecular formula is C11H23NO2. The minimum absolute atomic E-state index is 0.146. The SMILES string of the molecule is CCN(CC)CCC(=O)COC(C)C. The third-order valence-electron chi connectivity index (χ3n) is 2.18. The molecule has 0 heterocycles. The zero-order chi connectivity index (χ0) is 11.0. The van der Waals surface area contributed by atoms with Crippen molar-refractivity contribution in [2.45, 2.75) is 40.2 Å². The van der Waals surface area contributed by atoms with Gasteiger partial charge in [-0.2, -0.15) is 0 Å². The molecule has 0 unspecified atom stereocenters. The van der Waals surface area contributed by atoms with E-state index < -0.39 is 0 Å². The van der Waals surface area contributed by atoms with E-state index in [4.69, 9.17) is 4.74 Å². The first-order chi connectivity index (χ1) is 6.60. The molecule has 0 fully saturated rings. The van der Waals surface area contributed by atoms with E-state index in [1.807, 2.05) is 13.8 Å². The Balaban J connectivity index is 3.52. The Morgan fingerprint density at radius 1 is 1.29 bits per heavy atom. The van der Waals surface area contributed by atoms with Gasteiger partial charge < -0.3 is 9.64 Å². The summed E-state index contributed by atoms with van der Waals surface area (Å²) in [5.41, 5.74) is 0. The molecule has 0 amide bonds. The molecule has 0 aliphatic carbocycles. The fourth-order valence-electron chi connectivity index (χ4n) is 1.15. The second-order valence-corrected chi connectivity index (χ2v) is 3.68. The summed E-state index contributed by atoms with van der Waals surface area (Å²) in [6, 6.07) is 0. The Bertz CT molecular complexity index is 153. The number of carbonyl (C=O) groups excluding carboxylic acids is 1. The van der Waals surface area contributed by atoms with Crippen molar-refractivity contribution in [3.63, 3.8) is 0 Å². The van der Waals surface area contributed by atoms with Crippen LogP contribution in [0.1, 0.15) is 34.1 Å². The van der Waals surface area contributed by atoms with Crippen LogP contribution in [0.5, 0.6) is 0 Å². The van der Waals surface area contributed by atoms with Gasteiger partial charge >= 0.3 is 0 Å². The van der Waals surface area contributed by atoms with Crippen LogP contribution in [-0.2, 0) is 9.53 Å². The quantitative estimate of drug-likeness (QED) is 0.599. The Morgan fingerprint density at radius 2 is 1.86 bits per heavy atom. The second kappa shape index (κ2) is 7.94. The smallest absolute Gasteiger partial charge is 0.159 e. The summed E-state index contributed by atoms with van der Waals surface area (Å²) in [6.07, 6.45) is 0.751. The van der Waals surface area contributed by atoms with Crippen LogP contribution in [0.3, 0.4) is 0 Å². The van der Waals surface area contributed by atoms with Gasteiger partial charge in [0.15, 0.2) is 5.78 Å². The molecule has 0 spiro atoms. The van der Waals surface area contributed by atoms with Crippen molar-refractivity contribution in [3.8, 4) is 0 Å². The lowest BCUT2D eigenvalue weighted by atomic mass is 10.2. The summed E-state index contributed by atoms with van der Waals surface area (Å²) in [7, 11) is 0. The van der Waals surface area contributed by atoms with Crippen LogP contribution in [0.15, 0.2) is 0 Å². The van der Waals surface area contributed by atoms with Gasteiger partial charge in [-0.05, 0) is 26.9 Å². The molecule has 3 nitrogen and oxygen atoms in total. The molecule has 0 aromatic heterocycles. The highest BCUT2D eigenvalue weighted by Gasteiger charge is 2.06. The zero-order valence-electron chi connectivity index (χ0n) is 9.88. The van der Waals surface area contributed by atoms with Crippen LogP contribution in [0.4, 0.5) is 0 Å². The number of Topliss-reactive ketones (excluding diaryl/α,β-unsaturated/α-hetero) is 1. The normalized spacial score (nSPS) is 11.3. The summed E-state index contributed by atoms with van der Waals surface area (Å²) in [5.74, 6) is 0.200. The van der Waals surface area contributed by atoms with Crippen LogP contribution in [0.2, 0.25) is 0 Å². The molecule has 0 bridgehead atoms. The third-order valence-corrected chi connectivity index (χ3v) is 2.18.